The molecule has 0 atom stereocenters. The fourth-order valence-electron chi connectivity index (χ4n) is 1.14. The van der Waals surface area contributed by atoms with Crippen molar-refractivity contribution in [1.82, 2.24) is 0 Å². The summed E-state index contributed by atoms with van der Waals surface area (Å²) in [5.74, 6) is -1.62. The van der Waals surface area contributed by atoms with E-state index in [1.54, 1.807) is 0 Å². The molecule has 0 saturated heterocycles. The molecule has 0 fully saturated rings. The average molecular weight is 282 g/mol. The van der Waals surface area contributed by atoms with Crippen LogP contribution in [0.1, 0.15) is 5.56 Å². The molecule has 0 aliphatic heterocycles. The van der Waals surface area contributed by atoms with Crippen LogP contribution < -0.4 is 0 Å². The van der Waals surface area contributed by atoms with E-state index in [9.17, 15) is 17.2 Å². The molecule has 0 amide bonds. The van der Waals surface area contributed by atoms with Crippen LogP contribution in [0.25, 0.3) is 0 Å². The first-order valence-corrected chi connectivity index (χ1v) is 7.77. The highest BCUT2D eigenvalue weighted by molar-refractivity contribution is 8.00. The molecule has 0 aromatic heterocycles. The molecule has 17 heavy (non-hydrogen) atoms. The van der Waals surface area contributed by atoms with Gasteiger partial charge in [-0.1, -0.05) is 0 Å². The van der Waals surface area contributed by atoms with Gasteiger partial charge in [-0.2, -0.15) is 0 Å². The summed E-state index contributed by atoms with van der Waals surface area (Å²) in [4.78, 5) is -0.217. The zero-order chi connectivity index (χ0) is 13.1. The minimum absolute atomic E-state index is 0.0884. The maximum atomic E-state index is 13.4. The Balaban J connectivity index is 2.78. The van der Waals surface area contributed by atoms with Crippen molar-refractivity contribution in [3.63, 3.8) is 0 Å². The molecular formula is C10H12F2O3S2. The third kappa shape index (κ3) is 4.61. The van der Waals surface area contributed by atoms with Crippen molar-refractivity contribution >= 4 is 21.6 Å². The van der Waals surface area contributed by atoms with E-state index in [0.717, 1.165) is 30.2 Å². The number of thioether (sulfide) groups is 1. The lowest BCUT2D eigenvalue weighted by molar-refractivity contribution is 0.280. The van der Waals surface area contributed by atoms with Crippen molar-refractivity contribution in [3.8, 4) is 0 Å². The standard InChI is InChI=1S/C10H12F2O3S2/c1-17(14,15)3-2-16-10-8(11)4-7(6-13)5-9(10)12/h4-5,13H,2-3,6H2,1H3. The summed E-state index contributed by atoms with van der Waals surface area (Å²) >= 11 is 0.809. The van der Waals surface area contributed by atoms with Crippen molar-refractivity contribution in [3.05, 3.63) is 29.3 Å². The Morgan fingerprint density at radius 1 is 1.29 bits per heavy atom. The molecule has 0 aliphatic carbocycles. The van der Waals surface area contributed by atoms with Crippen LogP contribution in [0.15, 0.2) is 17.0 Å². The highest BCUT2D eigenvalue weighted by atomic mass is 32.2. The number of rotatable bonds is 5. The maximum absolute atomic E-state index is 13.4. The van der Waals surface area contributed by atoms with Gasteiger partial charge >= 0.3 is 0 Å². The van der Waals surface area contributed by atoms with Crippen molar-refractivity contribution in [2.75, 3.05) is 17.8 Å². The minimum Gasteiger partial charge on any atom is -0.392 e. The average Bonchev–Trinajstić information content (AvgIpc) is 2.20. The van der Waals surface area contributed by atoms with Gasteiger partial charge in [-0.3, -0.25) is 0 Å². The van der Waals surface area contributed by atoms with Crippen molar-refractivity contribution in [2.24, 2.45) is 0 Å². The molecule has 0 saturated carbocycles. The van der Waals surface area contributed by atoms with Gasteiger partial charge in [-0.05, 0) is 17.7 Å². The molecule has 0 heterocycles. The van der Waals surface area contributed by atoms with Gasteiger partial charge < -0.3 is 5.11 Å². The second kappa shape index (κ2) is 5.79. The lowest BCUT2D eigenvalue weighted by atomic mass is 10.2. The summed E-state index contributed by atoms with van der Waals surface area (Å²) in [5, 5.41) is 8.74. The molecule has 96 valence electrons. The second-order valence-electron chi connectivity index (χ2n) is 3.53. The van der Waals surface area contributed by atoms with Gasteiger partial charge in [0.1, 0.15) is 21.5 Å². The smallest absolute Gasteiger partial charge is 0.148 e. The van der Waals surface area contributed by atoms with Crippen molar-refractivity contribution in [2.45, 2.75) is 11.5 Å². The van der Waals surface area contributed by atoms with Crippen LogP contribution in [0.2, 0.25) is 0 Å². The first-order chi connectivity index (χ1) is 7.83. The first kappa shape index (κ1) is 14.4. The highest BCUT2D eigenvalue weighted by Gasteiger charge is 2.12. The molecule has 0 aliphatic rings. The van der Waals surface area contributed by atoms with E-state index in [4.69, 9.17) is 5.11 Å². The summed E-state index contributed by atoms with van der Waals surface area (Å²) < 4.78 is 48.5. The Bertz CT molecular complexity index is 477. The van der Waals surface area contributed by atoms with Crippen molar-refractivity contribution in [1.29, 1.82) is 0 Å². The molecule has 0 unspecified atom stereocenters. The van der Waals surface area contributed by atoms with Crippen LogP contribution in [-0.2, 0) is 16.4 Å². The predicted molar refractivity (Wildman–Crippen MR) is 62.7 cm³/mol. The van der Waals surface area contributed by atoms with Crippen LogP contribution in [-0.4, -0.2) is 31.3 Å². The molecule has 0 spiro atoms. The molecule has 0 bridgehead atoms. The van der Waals surface area contributed by atoms with E-state index in [1.807, 2.05) is 0 Å². The fraction of sp³-hybridized carbons (Fsp3) is 0.400. The van der Waals surface area contributed by atoms with Crippen LogP contribution >= 0.6 is 11.8 Å². The van der Waals surface area contributed by atoms with E-state index in [2.05, 4.69) is 0 Å². The summed E-state index contributed by atoms with van der Waals surface area (Å²) in [6.45, 7) is -0.442. The number of sulfone groups is 1. The van der Waals surface area contributed by atoms with E-state index < -0.39 is 28.1 Å². The van der Waals surface area contributed by atoms with Crippen LogP contribution in [0.4, 0.5) is 8.78 Å². The SMILES string of the molecule is CS(=O)(=O)CCSc1c(F)cc(CO)cc1F. The Morgan fingerprint density at radius 3 is 2.24 bits per heavy atom. The van der Waals surface area contributed by atoms with Gasteiger partial charge in [0.05, 0.1) is 17.3 Å². The molecular weight excluding hydrogens is 270 g/mol. The normalized spacial score (nSPS) is 11.8. The summed E-state index contributed by atoms with van der Waals surface area (Å²) in [6, 6.07) is 2.07. The molecule has 0 radical (unpaired) electrons. The van der Waals surface area contributed by atoms with Crippen LogP contribution in [0, 0.1) is 11.6 Å². The minimum atomic E-state index is -3.14. The monoisotopic (exact) mass is 282 g/mol. The van der Waals surface area contributed by atoms with Gasteiger partial charge in [-0.15, -0.1) is 11.8 Å². The Kier molecular flexibility index (Phi) is 4.91. The fourth-order valence-corrected chi connectivity index (χ4v) is 3.28. The van der Waals surface area contributed by atoms with Gasteiger partial charge in [0, 0.05) is 12.0 Å². The Hall–Kier alpha value is -0.660. The Labute approximate surface area is 103 Å². The summed E-state index contributed by atoms with van der Waals surface area (Å²) in [5.41, 5.74) is 0.146. The van der Waals surface area contributed by atoms with E-state index >= 15 is 0 Å². The Morgan fingerprint density at radius 2 is 1.82 bits per heavy atom. The molecule has 1 N–H and O–H groups in total. The van der Waals surface area contributed by atoms with E-state index in [-0.39, 0.29) is 22.0 Å². The summed E-state index contributed by atoms with van der Waals surface area (Å²) in [7, 11) is -3.14. The lowest BCUT2D eigenvalue weighted by Gasteiger charge is -2.06. The number of hydrogen-bond acceptors (Lipinski definition) is 4. The third-order valence-electron chi connectivity index (χ3n) is 1.94. The molecule has 1 aromatic rings. The third-order valence-corrected chi connectivity index (χ3v) is 4.23. The molecule has 3 nitrogen and oxygen atoms in total. The van der Waals surface area contributed by atoms with E-state index in [1.165, 1.54) is 0 Å². The van der Waals surface area contributed by atoms with Gasteiger partial charge in [0.15, 0.2) is 0 Å². The first-order valence-electron chi connectivity index (χ1n) is 4.73. The van der Waals surface area contributed by atoms with Gasteiger partial charge in [0.25, 0.3) is 0 Å². The topological polar surface area (TPSA) is 54.4 Å². The maximum Gasteiger partial charge on any atom is 0.148 e. The number of hydrogen-bond donors (Lipinski definition) is 1. The number of aliphatic hydroxyl groups excluding tert-OH is 1. The van der Waals surface area contributed by atoms with Gasteiger partial charge in [0.2, 0.25) is 0 Å². The van der Waals surface area contributed by atoms with Crippen molar-refractivity contribution < 1.29 is 22.3 Å². The zero-order valence-corrected chi connectivity index (χ0v) is 10.7. The second-order valence-corrected chi connectivity index (χ2v) is 6.89. The van der Waals surface area contributed by atoms with Crippen LogP contribution in [0.3, 0.4) is 0 Å². The highest BCUT2D eigenvalue weighted by Crippen LogP contribution is 2.26. The largest absolute Gasteiger partial charge is 0.392 e. The quantitative estimate of drug-likeness (QED) is 0.833. The van der Waals surface area contributed by atoms with Crippen LogP contribution in [0.5, 0.6) is 0 Å². The summed E-state index contributed by atoms with van der Waals surface area (Å²) in [6.07, 6.45) is 1.06. The molecule has 7 heteroatoms. The number of benzene rings is 1. The zero-order valence-electron chi connectivity index (χ0n) is 9.11. The van der Waals surface area contributed by atoms with E-state index in [0.29, 0.717) is 0 Å². The number of halogens is 2. The molecule has 1 rings (SSSR count). The lowest BCUT2D eigenvalue weighted by Crippen LogP contribution is -2.05. The van der Waals surface area contributed by atoms with Gasteiger partial charge in [-0.25, -0.2) is 17.2 Å². The number of aliphatic hydroxyl groups is 1. The predicted octanol–water partition coefficient (Wildman–Crippen LogP) is 1.59. The molecule has 1 aromatic carbocycles.